The Morgan fingerprint density at radius 2 is 1.67 bits per heavy atom. The first-order valence-corrected chi connectivity index (χ1v) is 5.40. The summed E-state index contributed by atoms with van der Waals surface area (Å²) in [7, 11) is 0. The van der Waals surface area contributed by atoms with Gasteiger partial charge < -0.3 is 5.73 Å². The fraction of sp³-hybridized carbons (Fsp3) is 0.0714. The number of rotatable bonds is 3. The number of nitrogens with two attached hydrogens (primary N) is 1. The van der Waals surface area contributed by atoms with E-state index in [4.69, 9.17) is 5.73 Å². The van der Waals surface area contributed by atoms with Gasteiger partial charge in [-0.25, -0.2) is 8.78 Å². The Hall–Kier alpha value is -2.07. The number of Topliss-reactive ketones (excluding diaryl/α,β-unsaturated/α-hetero) is 1. The Kier molecular flexibility index (Phi) is 3.48. The number of carbonyl (C=O) groups is 1. The third-order valence-corrected chi connectivity index (χ3v) is 2.66. The fourth-order valence-corrected chi connectivity index (χ4v) is 1.67. The van der Waals surface area contributed by atoms with E-state index in [1.54, 1.807) is 30.3 Å². The molecule has 2 aromatic carbocycles. The maximum absolute atomic E-state index is 13.5. The molecule has 0 saturated heterocycles. The highest BCUT2D eigenvalue weighted by Crippen LogP contribution is 2.19. The first-order valence-electron chi connectivity index (χ1n) is 5.40. The molecule has 0 unspecified atom stereocenters. The largest absolute Gasteiger partial charge is 0.318 e. The second-order valence-corrected chi connectivity index (χ2v) is 3.85. The van der Waals surface area contributed by atoms with E-state index >= 15 is 0 Å². The quantitative estimate of drug-likeness (QED) is 0.847. The minimum Gasteiger partial charge on any atom is -0.318 e. The first kappa shape index (κ1) is 12.4. The third-order valence-electron chi connectivity index (χ3n) is 2.66. The molecule has 2 rings (SSSR count). The Balaban J connectivity index is 2.35. The Bertz CT molecular complexity index is 569. The van der Waals surface area contributed by atoms with Crippen LogP contribution in [0.3, 0.4) is 0 Å². The van der Waals surface area contributed by atoms with Crippen LogP contribution in [0.2, 0.25) is 0 Å². The summed E-state index contributed by atoms with van der Waals surface area (Å²) in [5.41, 5.74) is 5.98. The van der Waals surface area contributed by atoms with Gasteiger partial charge in [0, 0.05) is 0 Å². The normalized spacial score (nSPS) is 12.2. The lowest BCUT2D eigenvalue weighted by molar-refractivity contribution is 0.0956. The molecule has 0 radical (unpaired) electrons. The van der Waals surface area contributed by atoms with Crippen LogP contribution >= 0.6 is 0 Å². The molecule has 2 N–H and O–H groups in total. The van der Waals surface area contributed by atoms with Gasteiger partial charge in [-0.3, -0.25) is 4.79 Å². The van der Waals surface area contributed by atoms with E-state index in [0.717, 1.165) is 6.07 Å². The predicted molar refractivity (Wildman–Crippen MR) is 64.1 cm³/mol. The zero-order chi connectivity index (χ0) is 13.1. The van der Waals surface area contributed by atoms with Gasteiger partial charge in [-0.15, -0.1) is 0 Å². The molecule has 0 aliphatic rings. The summed E-state index contributed by atoms with van der Waals surface area (Å²) in [6, 6.07) is 11.0. The highest BCUT2D eigenvalue weighted by molar-refractivity contribution is 6.00. The van der Waals surface area contributed by atoms with Crippen molar-refractivity contribution in [3.63, 3.8) is 0 Å². The third kappa shape index (κ3) is 2.28. The van der Waals surface area contributed by atoms with E-state index in [9.17, 15) is 13.6 Å². The summed E-state index contributed by atoms with van der Waals surface area (Å²) >= 11 is 0. The van der Waals surface area contributed by atoms with E-state index in [1.165, 1.54) is 12.1 Å². The SMILES string of the molecule is N[C@@H](C(=O)c1cccc(F)c1F)c1ccccc1. The molecular weight excluding hydrogens is 236 g/mol. The molecule has 0 aliphatic heterocycles. The monoisotopic (exact) mass is 247 g/mol. The van der Waals surface area contributed by atoms with Crippen molar-refractivity contribution in [2.45, 2.75) is 6.04 Å². The summed E-state index contributed by atoms with van der Waals surface area (Å²) in [6.07, 6.45) is 0. The second-order valence-electron chi connectivity index (χ2n) is 3.85. The molecule has 0 aliphatic carbocycles. The zero-order valence-corrected chi connectivity index (χ0v) is 9.44. The standard InChI is InChI=1S/C14H11F2NO/c15-11-8-4-7-10(12(11)16)14(18)13(17)9-5-2-1-3-6-9/h1-8,13H,17H2/t13-/m1/s1. The molecule has 92 valence electrons. The van der Waals surface area contributed by atoms with Crippen LogP contribution in [0.1, 0.15) is 22.0 Å². The predicted octanol–water partition coefficient (Wildman–Crippen LogP) is 2.85. The maximum Gasteiger partial charge on any atom is 0.187 e. The average molecular weight is 247 g/mol. The van der Waals surface area contributed by atoms with E-state index in [2.05, 4.69) is 0 Å². The maximum atomic E-state index is 13.5. The van der Waals surface area contributed by atoms with Gasteiger partial charge in [0.2, 0.25) is 0 Å². The smallest absolute Gasteiger partial charge is 0.187 e. The number of halogens is 2. The van der Waals surface area contributed by atoms with Crippen LogP contribution in [-0.2, 0) is 0 Å². The Morgan fingerprint density at radius 1 is 1.00 bits per heavy atom. The van der Waals surface area contributed by atoms with E-state index in [-0.39, 0.29) is 5.56 Å². The zero-order valence-electron chi connectivity index (χ0n) is 9.44. The van der Waals surface area contributed by atoms with E-state index in [0.29, 0.717) is 5.56 Å². The minimum absolute atomic E-state index is 0.327. The van der Waals surface area contributed by atoms with Crippen molar-refractivity contribution in [3.8, 4) is 0 Å². The van der Waals surface area contributed by atoms with Gasteiger partial charge in [-0.05, 0) is 17.7 Å². The lowest BCUT2D eigenvalue weighted by atomic mass is 9.98. The lowest BCUT2D eigenvalue weighted by Crippen LogP contribution is -2.22. The molecule has 0 spiro atoms. The van der Waals surface area contributed by atoms with Gasteiger partial charge >= 0.3 is 0 Å². The highest BCUT2D eigenvalue weighted by Gasteiger charge is 2.22. The number of carbonyl (C=O) groups excluding carboxylic acids is 1. The number of hydrogen-bond donors (Lipinski definition) is 1. The lowest BCUT2D eigenvalue weighted by Gasteiger charge is -2.11. The van der Waals surface area contributed by atoms with E-state index < -0.39 is 23.5 Å². The van der Waals surface area contributed by atoms with Gasteiger partial charge in [0.25, 0.3) is 0 Å². The molecule has 0 amide bonds. The van der Waals surface area contributed by atoms with Crippen LogP contribution < -0.4 is 5.73 Å². The van der Waals surface area contributed by atoms with Crippen LogP contribution in [0.25, 0.3) is 0 Å². The minimum atomic E-state index is -1.16. The van der Waals surface area contributed by atoms with Crippen molar-refractivity contribution in [3.05, 3.63) is 71.3 Å². The van der Waals surface area contributed by atoms with Crippen LogP contribution in [0, 0.1) is 11.6 Å². The molecule has 4 heteroatoms. The molecule has 0 saturated carbocycles. The van der Waals surface area contributed by atoms with Crippen molar-refractivity contribution >= 4 is 5.78 Å². The van der Waals surface area contributed by atoms with Crippen molar-refractivity contribution in [1.82, 2.24) is 0 Å². The van der Waals surface area contributed by atoms with Gasteiger partial charge in [-0.1, -0.05) is 36.4 Å². The molecule has 18 heavy (non-hydrogen) atoms. The van der Waals surface area contributed by atoms with Crippen molar-refractivity contribution in [2.75, 3.05) is 0 Å². The van der Waals surface area contributed by atoms with Crippen molar-refractivity contribution in [2.24, 2.45) is 5.73 Å². The van der Waals surface area contributed by atoms with E-state index in [1.807, 2.05) is 0 Å². The number of ketones is 1. The summed E-state index contributed by atoms with van der Waals surface area (Å²) in [4.78, 5) is 12.0. The van der Waals surface area contributed by atoms with Crippen molar-refractivity contribution in [1.29, 1.82) is 0 Å². The molecule has 1 atom stereocenters. The van der Waals surface area contributed by atoms with Gasteiger partial charge in [0.05, 0.1) is 11.6 Å². The van der Waals surface area contributed by atoms with Gasteiger partial charge in [-0.2, -0.15) is 0 Å². The number of hydrogen-bond acceptors (Lipinski definition) is 2. The summed E-state index contributed by atoms with van der Waals surface area (Å²) < 4.78 is 26.5. The Morgan fingerprint density at radius 3 is 2.33 bits per heavy atom. The fourth-order valence-electron chi connectivity index (χ4n) is 1.67. The molecule has 0 fully saturated rings. The summed E-state index contributed by atoms with van der Waals surface area (Å²) in [6.45, 7) is 0. The Labute approximate surface area is 103 Å². The molecular formula is C14H11F2NO. The van der Waals surface area contributed by atoms with Crippen LogP contribution in [0.4, 0.5) is 8.78 Å². The van der Waals surface area contributed by atoms with Gasteiger partial charge in [0.15, 0.2) is 17.4 Å². The molecule has 0 aromatic heterocycles. The summed E-state index contributed by atoms with van der Waals surface area (Å²) in [5, 5.41) is 0. The van der Waals surface area contributed by atoms with Crippen LogP contribution in [0.5, 0.6) is 0 Å². The van der Waals surface area contributed by atoms with Crippen LogP contribution in [-0.4, -0.2) is 5.78 Å². The molecule has 2 nitrogen and oxygen atoms in total. The first-order chi connectivity index (χ1) is 8.61. The van der Waals surface area contributed by atoms with Crippen LogP contribution in [0.15, 0.2) is 48.5 Å². The molecule has 0 heterocycles. The second kappa shape index (κ2) is 5.06. The molecule has 2 aromatic rings. The average Bonchev–Trinajstić information content (AvgIpc) is 2.41. The highest BCUT2D eigenvalue weighted by atomic mass is 19.2. The number of benzene rings is 2. The topological polar surface area (TPSA) is 43.1 Å². The summed E-state index contributed by atoms with van der Waals surface area (Å²) in [5.74, 6) is -2.85. The molecule has 0 bridgehead atoms. The van der Waals surface area contributed by atoms with Gasteiger partial charge in [0.1, 0.15) is 0 Å². The van der Waals surface area contributed by atoms with Crippen molar-refractivity contribution < 1.29 is 13.6 Å².